The van der Waals surface area contributed by atoms with Crippen molar-refractivity contribution in [2.75, 3.05) is 32.7 Å². The summed E-state index contributed by atoms with van der Waals surface area (Å²) < 4.78 is 43.6. The smallest absolute Gasteiger partial charge is 0.266 e. The van der Waals surface area contributed by atoms with E-state index in [0.717, 1.165) is 24.0 Å². The second-order valence-corrected chi connectivity index (χ2v) is 9.40. The molecule has 4 saturated carbocycles. The molecule has 0 aliphatic heterocycles. The molecule has 6 nitrogen and oxygen atoms in total. The van der Waals surface area contributed by atoms with Crippen LogP contribution in [0.4, 0.5) is 0 Å². The SMILES string of the molecule is CC(OCCOCCOC12CC3CC(CC(C3)C1)C2)OS(C)(=O)=O. The van der Waals surface area contributed by atoms with E-state index in [-0.39, 0.29) is 5.60 Å². The van der Waals surface area contributed by atoms with Gasteiger partial charge in [0, 0.05) is 0 Å². The molecule has 0 saturated heterocycles. The summed E-state index contributed by atoms with van der Waals surface area (Å²) in [6.07, 6.45) is 8.20. The van der Waals surface area contributed by atoms with Crippen molar-refractivity contribution in [2.45, 2.75) is 57.3 Å². The zero-order valence-electron chi connectivity index (χ0n) is 14.7. The van der Waals surface area contributed by atoms with E-state index in [1.807, 2.05) is 0 Å². The quantitative estimate of drug-likeness (QED) is 0.337. The second kappa shape index (κ2) is 7.58. The van der Waals surface area contributed by atoms with E-state index in [0.29, 0.717) is 26.4 Å². The first-order chi connectivity index (χ1) is 11.3. The van der Waals surface area contributed by atoms with Gasteiger partial charge in [0.25, 0.3) is 10.1 Å². The van der Waals surface area contributed by atoms with Gasteiger partial charge in [-0.25, -0.2) is 4.18 Å². The summed E-state index contributed by atoms with van der Waals surface area (Å²) in [6, 6.07) is 0. The van der Waals surface area contributed by atoms with Gasteiger partial charge in [-0.1, -0.05) is 0 Å². The lowest BCUT2D eigenvalue weighted by molar-refractivity contribution is -0.170. The molecule has 4 rings (SSSR count). The molecule has 1 atom stereocenters. The van der Waals surface area contributed by atoms with Crippen molar-refractivity contribution in [1.82, 2.24) is 0 Å². The summed E-state index contributed by atoms with van der Waals surface area (Å²) >= 11 is 0. The van der Waals surface area contributed by atoms with Gasteiger partial charge in [0.2, 0.25) is 0 Å². The van der Waals surface area contributed by atoms with Crippen LogP contribution in [0.15, 0.2) is 0 Å². The number of rotatable bonds is 10. The van der Waals surface area contributed by atoms with Gasteiger partial charge >= 0.3 is 0 Å². The maximum atomic E-state index is 10.9. The van der Waals surface area contributed by atoms with E-state index in [4.69, 9.17) is 14.2 Å². The molecule has 4 aliphatic rings. The summed E-state index contributed by atoms with van der Waals surface area (Å²) in [7, 11) is -3.48. The summed E-state index contributed by atoms with van der Waals surface area (Å²) in [5.74, 6) is 2.67. The molecule has 0 heterocycles. The van der Waals surface area contributed by atoms with Crippen molar-refractivity contribution in [2.24, 2.45) is 17.8 Å². The minimum atomic E-state index is -3.48. The highest BCUT2D eigenvalue weighted by Gasteiger charge is 2.51. The van der Waals surface area contributed by atoms with Gasteiger partial charge in [-0.3, -0.25) is 0 Å². The Morgan fingerprint density at radius 2 is 1.50 bits per heavy atom. The molecule has 0 radical (unpaired) electrons. The van der Waals surface area contributed by atoms with Crippen LogP contribution in [0, 0.1) is 17.8 Å². The Labute approximate surface area is 145 Å². The third-order valence-corrected chi connectivity index (χ3v) is 6.13. The molecule has 0 spiro atoms. The molecule has 24 heavy (non-hydrogen) atoms. The molecular weight excluding hydrogens is 332 g/mol. The van der Waals surface area contributed by atoms with Gasteiger partial charge in [0.1, 0.15) is 0 Å². The van der Waals surface area contributed by atoms with Crippen molar-refractivity contribution >= 4 is 10.1 Å². The Balaban J connectivity index is 1.26. The third-order valence-electron chi connectivity index (χ3n) is 5.51. The highest BCUT2D eigenvalue weighted by Crippen LogP contribution is 2.57. The highest BCUT2D eigenvalue weighted by molar-refractivity contribution is 7.86. The predicted octanol–water partition coefficient (Wildman–Crippen LogP) is 2.33. The lowest BCUT2D eigenvalue weighted by Gasteiger charge is -2.56. The lowest BCUT2D eigenvalue weighted by Crippen LogP contribution is -2.52. The minimum Gasteiger partial charge on any atom is -0.377 e. The minimum absolute atomic E-state index is 0.131. The van der Waals surface area contributed by atoms with E-state index < -0.39 is 16.4 Å². The highest BCUT2D eigenvalue weighted by atomic mass is 32.2. The van der Waals surface area contributed by atoms with Crippen LogP contribution in [-0.4, -0.2) is 53.0 Å². The van der Waals surface area contributed by atoms with Gasteiger partial charge in [-0.15, -0.1) is 0 Å². The monoisotopic (exact) mass is 362 g/mol. The number of ether oxygens (including phenoxy) is 3. The number of hydrogen-bond donors (Lipinski definition) is 0. The Morgan fingerprint density at radius 1 is 0.958 bits per heavy atom. The Hall–Kier alpha value is -0.210. The molecule has 0 aromatic carbocycles. The largest absolute Gasteiger partial charge is 0.377 e. The third kappa shape index (κ3) is 5.14. The Morgan fingerprint density at radius 3 is 2.04 bits per heavy atom. The zero-order chi connectivity index (χ0) is 17.2. The fraction of sp³-hybridized carbons (Fsp3) is 1.00. The standard InChI is InChI=1S/C17H30O6S/c1-13(23-24(2,18)19)21-5-3-20-4-6-22-17-10-14-7-15(11-17)9-16(8-14)12-17/h13-16H,3-12H2,1-2H3. The van der Waals surface area contributed by atoms with E-state index in [2.05, 4.69) is 4.18 Å². The maximum absolute atomic E-state index is 10.9. The van der Waals surface area contributed by atoms with Crippen LogP contribution in [0.1, 0.15) is 45.4 Å². The molecule has 0 amide bonds. The summed E-state index contributed by atoms with van der Waals surface area (Å²) in [5, 5.41) is 0. The van der Waals surface area contributed by atoms with Crippen LogP contribution < -0.4 is 0 Å². The van der Waals surface area contributed by atoms with Crippen molar-refractivity contribution < 1.29 is 26.8 Å². The molecule has 0 aromatic rings. The van der Waals surface area contributed by atoms with Gasteiger partial charge in [0.15, 0.2) is 6.29 Å². The van der Waals surface area contributed by atoms with Crippen LogP contribution in [-0.2, 0) is 28.5 Å². The molecule has 0 N–H and O–H groups in total. The van der Waals surface area contributed by atoms with Crippen LogP contribution in [0.25, 0.3) is 0 Å². The van der Waals surface area contributed by atoms with E-state index in [9.17, 15) is 8.42 Å². The number of hydrogen-bond acceptors (Lipinski definition) is 6. The van der Waals surface area contributed by atoms with Crippen LogP contribution in [0.2, 0.25) is 0 Å². The van der Waals surface area contributed by atoms with Crippen molar-refractivity contribution in [3.05, 3.63) is 0 Å². The topological polar surface area (TPSA) is 71.1 Å². The lowest BCUT2D eigenvalue weighted by atomic mass is 9.54. The van der Waals surface area contributed by atoms with Crippen LogP contribution in [0.3, 0.4) is 0 Å². The molecule has 140 valence electrons. The first-order valence-electron chi connectivity index (χ1n) is 9.05. The molecule has 1 unspecified atom stereocenters. The fourth-order valence-corrected chi connectivity index (χ4v) is 5.72. The summed E-state index contributed by atoms with van der Waals surface area (Å²) in [4.78, 5) is 0. The van der Waals surface area contributed by atoms with E-state index in [1.54, 1.807) is 6.92 Å². The van der Waals surface area contributed by atoms with E-state index >= 15 is 0 Å². The first-order valence-corrected chi connectivity index (χ1v) is 10.9. The zero-order valence-corrected chi connectivity index (χ0v) is 15.6. The van der Waals surface area contributed by atoms with Gasteiger partial charge in [-0.2, -0.15) is 8.42 Å². The summed E-state index contributed by atoms with van der Waals surface area (Å²) in [6.45, 7) is 3.43. The first kappa shape index (κ1) is 18.6. The molecular formula is C17H30O6S. The fourth-order valence-electron chi connectivity index (χ4n) is 5.17. The molecule has 4 bridgehead atoms. The molecule has 0 aromatic heterocycles. The van der Waals surface area contributed by atoms with Crippen molar-refractivity contribution in [1.29, 1.82) is 0 Å². The average molecular weight is 362 g/mol. The Kier molecular flexibility index (Phi) is 5.87. The average Bonchev–Trinajstić information content (AvgIpc) is 2.42. The van der Waals surface area contributed by atoms with Crippen LogP contribution >= 0.6 is 0 Å². The predicted molar refractivity (Wildman–Crippen MR) is 89.0 cm³/mol. The van der Waals surface area contributed by atoms with Crippen molar-refractivity contribution in [3.63, 3.8) is 0 Å². The van der Waals surface area contributed by atoms with Crippen LogP contribution in [0.5, 0.6) is 0 Å². The molecule has 4 aliphatic carbocycles. The second-order valence-electron chi connectivity index (χ2n) is 7.80. The molecule has 4 fully saturated rings. The normalized spacial score (nSPS) is 36.2. The van der Waals surface area contributed by atoms with Gasteiger partial charge in [-0.05, 0) is 63.2 Å². The van der Waals surface area contributed by atoms with Gasteiger partial charge in [0.05, 0.1) is 38.3 Å². The van der Waals surface area contributed by atoms with Crippen molar-refractivity contribution in [3.8, 4) is 0 Å². The van der Waals surface area contributed by atoms with Gasteiger partial charge < -0.3 is 14.2 Å². The van der Waals surface area contributed by atoms with E-state index in [1.165, 1.54) is 38.5 Å². The molecule has 7 heteroatoms. The maximum Gasteiger partial charge on any atom is 0.266 e. The Bertz CT molecular complexity index is 482. The summed E-state index contributed by atoms with van der Waals surface area (Å²) in [5.41, 5.74) is 0.131.